The van der Waals surface area contributed by atoms with Crippen molar-refractivity contribution >= 4 is 38.4 Å². The monoisotopic (exact) mass is 384 g/mol. The minimum Gasteiger partial charge on any atom is -0.497 e. The highest BCUT2D eigenvalue weighted by Gasteiger charge is 2.13. The molecule has 24 heavy (non-hydrogen) atoms. The van der Waals surface area contributed by atoms with Crippen LogP contribution in [0.15, 0.2) is 46.9 Å². The highest BCUT2D eigenvalue weighted by Crippen LogP contribution is 2.24. The van der Waals surface area contributed by atoms with E-state index in [-0.39, 0.29) is 5.91 Å². The molecule has 0 spiro atoms. The zero-order valence-electron chi connectivity index (χ0n) is 13.7. The molecule has 0 unspecified atom stereocenters. The van der Waals surface area contributed by atoms with Crippen LogP contribution in [0, 0.1) is 13.8 Å². The molecule has 122 valence electrons. The van der Waals surface area contributed by atoms with Crippen LogP contribution in [0.2, 0.25) is 0 Å². The molecule has 4 nitrogen and oxygen atoms in total. The average Bonchev–Trinajstić information content (AvgIpc) is 2.56. The quantitative estimate of drug-likeness (QED) is 0.700. The van der Waals surface area contributed by atoms with Crippen molar-refractivity contribution in [1.29, 1.82) is 0 Å². The molecule has 0 aliphatic carbocycles. The van der Waals surface area contributed by atoms with Crippen LogP contribution in [0.25, 0.3) is 10.9 Å². The number of anilines is 1. The SMILES string of the molecule is COc1ccc2cc(C(=O)Nc3ccc(Br)cc3C)c(C)nc2c1. The van der Waals surface area contributed by atoms with Crippen molar-refractivity contribution in [2.45, 2.75) is 13.8 Å². The van der Waals surface area contributed by atoms with E-state index in [9.17, 15) is 4.79 Å². The second-order valence-corrected chi connectivity index (χ2v) is 6.51. The zero-order valence-corrected chi connectivity index (χ0v) is 15.3. The van der Waals surface area contributed by atoms with Crippen LogP contribution < -0.4 is 10.1 Å². The Morgan fingerprint density at radius 2 is 1.92 bits per heavy atom. The Kier molecular flexibility index (Phi) is 4.53. The zero-order chi connectivity index (χ0) is 17.3. The van der Waals surface area contributed by atoms with E-state index in [1.54, 1.807) is 7.11 Å². The first-order chi connectivity index (χ1) is 11.5. The molecule has 0 saturated carbocycles. The van der Waals surface area contributed by atoms with E-state index in [0.29, 0.717) is 11.3 Å². The van der Waals surface area contributed by atoms with E-state index >= 15 is 0 Å². The van der Waals surface area contributed by atoms with Crippen molar-refractivity contribution < 1.29 is 9.53 Å². The van der Waals surface area contributed by atoms with E-state index in [2.05, 4.69) is 26.2 Å². The van der Waals surface area contributed by atoms with Crippen molar-refractivity contribution in [3.8, 4) is 5.75 Å². The summed E-state index contributed by atoms with van der Waals surface area (Å²) in [6.45, 7) is 3.79. The molecule has 1 heterocycles. The first-order valence-electron chi connectivity index (χ1n) is 7.51. The van der Waals surface area contributed by atoms with Gasteiger partial charge in [0.15, 0.2) is 0 Å². The van der Waals surface area contributed by atoms with Gasteiger partial charge >= 0.3 is 0 Å². The molecule has 0 atom stereocenters. The van der Waals surface area contributed by atoms with Crippen molar-refractivity contribution in [3.05, 3.63) is 63.8 Å². The maximum absolute atomic E-state index is 12.7. The number of ether oxygens (including phenoxy) is 1. The number of benzene rings is 2. The fraction of sp³-hybridized carbons (Fsp3) is 0.158. The molecule has 1 amide bonds. The highest BCUT2D eigenvalue weighted by molar-refractivity contribution is 9.10. The van der Waals surface area contributed by atoms with Gasteiger partial charge in [-0.15, -0.1) is 0 Å². The number of aromatic nitrogens is 1. The number of nitrogens with one attached hydrogen (secondary N) is 1. The van der Waals surface area contributed by atoms with Gasteiger partial charge in [-0.05, 0) is 55.8 Å². The molecule has 0 fully saturated rings. The number of pyridine rings is 1. The summed E-state index contributed by atoms with van der Waals surface area (Å²) in [6, 6.07) is 13.2. The number of hydrogen-bond acceptors (Lipinski definition) is 3. The summed E-state index contributed by atoms with van der Waals surface area (Å²) < 4.78 is 6.20. The minimum atomic E-state index is -0.164. The molecular weight excluding hydrogens is 368 g/mol. The Bertz CT molecular complexity index is 938. The topological polar surface area (TPSA) is 51.2 Å². The van der Waals surface area contributed by atoms with Crippen LogP contribution >= 0.6 is 15.9 Å². The van der Waals surface area contributed by atoms with Gasteiger partial charge in [0.1, 0.15) is 5.75 Å². The largest absolute Gasteiger partial charge is 0.497 e. The summed E-state index contributed by atoms with van der Waals surface area (Å²) >= 11 is 3.42. The fourth-order valence-electron chi connectivity index (χ4n) is 2.56. The van der Waals surface area contributed by atoms with Crippen LogP contribution in [0.5, 0.6) is 5.75 Å². The third-order valence-electron chi connectivity index (χ3n) is 3.90. The molecule has 0 bridgehead atoms. The number of nitrogens with zero attached hydrogens (tertiary/aromatic N) is 1. The van der Waals surface area contributed by atoms with Crippen LogP contribution in [0.3, 0.4) is 0 Å². The van der Waals surface area contributed by atoms with Crippen LogP contribution in [-0.2, 0) is 0 Å². The van der Waals surface area contributed by atoms with Gasteiger partial charge in [0.25, 0.3) is 5.91 Å². The van der Waals surface area contributed by atoms with E-state index < -0.39 is 0 Å². The third kappa shape index (κ3) is 3.26. The number of fused-ring (bicyclic) bond motifs is 1. The van der Waals surface area contributed by atoms with E-state index in [1.807, 2.05) is 56.3 Å². The average molecular weight is 385 g/mol. The highest BCUT2D eigenvalue weighted by atomic mass is 79.9. The Morgan fingerprint density at radius 3 is 2.62 bits per heavy atom. The fourth-order valence-corrected chi connectivity index (χ4v) is 3.03. The van der Waals surface area contributed by atoms with Crippen molar-refractivity contribution in [2.24, 2.45) is 0 Å². The van der Waals surface area contributed by atoms with Gasteiger partial charge < -0.3 is 10.1 Å². The van der Waals surface area contributed by atoms with Crippen molar-refractivity contribution in [1.82, 2.24) is 4.98 Å². The summed E-state index contributed by atoms with van der Waals surface area (Å²) in [5.41, 5.74) is 3.84. The van der Waals surface area contributed by atoms with Crippen molar-refractivity contribution in [2.75, 3.05) is 12.4 Å². The summed E-state index contributed by atoms with van der Waals surface area (Å²) in [5, 5.41) is 3.86. The summed E-state index contributed by atoms with van der Waals surface area (Å²) in [7, 11) is 1.62. The predicted molar refractivity (Wildman–Crippen MR) is 99.9 cm³/mol. The number of carbonyl (C=O) groups is 1. The second-order valence-electron chi connectivity index (χ2n) is 5.59. The summed E-state index contributed by atoms with van der Waals surface area (Å²) in [4.78, 5) is 17.2. The van der Waals surface area contributed by atoms with Gasteiger partial charge in [-0.25, -0.2) is 0 Å². The molecule has 0 aliphatic heterocycles. The Labute approximate surface area is 149 Å². The molecule has 0 radical (unpaired) electrons. The van der Waals surface area contributed by atoms with Crippen LogP contribution in [0.4, 0.5) is 5.69 Å². The van der Waals surface area contributed by atoms with Gasteiger partial charge in [0.05, 0.1) is 23.9 Å². The molecule has 1 N–H and O–H groups in total. The first-order valence-corrected chi connectivity index (χ1v) is 8.30. The first kappa shape index (κ1) is 16.5. The maximum Gasteiger partial charge on any atom is 0.257 e. The number of halogens is 1. The minimum absolute atomic E-state index is 0.164. The van der Waals surface area contributed by atoms with E-state index in [0.717, 1.165) is 32.4 Å². The standard InChI is InChI=1S/C19H17BrN2O2/c1-11-8-14(20)5-7-17(11)22-19(23)16-9-13-4-6-15(24-3)10-18(13)21-12(16)2/h4-10H,1-3H3,(H,22,23). The Morgan fingerprint density at radius 1 is 1.12 bits per heavy atom. The molecule has 5 heteroatoms. The van der Waals surface area contributed by atoms with Gasteiger partial charge in [-0.3, -0.25) is 9.78 Å². The molecule has 0 saturated heterocycles. The lowest BCUT2D eigenvalue weighted by atomic mass is 10.1. The lowest BCUT2D eigenvalue weighted by molar-refractivity contribution is 0.102. The second kappa shape index (κ2) is 6.61. The van der Waals surface area contributed by atoms with Gasteiger partial charge in [-0.1, -0.05) is 15.9 Å². The lowest BCUT2D eigenvalue weighted by Crippen LogP contribution is -2.15. The number of hydrogen-bond donors (Lipinski definition) is 1. The molecule has 3 rings (SSSR count). The Hall–Kier alpha value is -2.40. The van der Waals surface area contributed by atoms with Crippen LogP contribution in [0.1, 0.15) is 21.6 Å². The molecule has 2 aromatic carbocycles. The van der Waals surface area contributed by atoms with Gasteiger partial charge in [0.2, 0.25) is 0 Å². The maximum atomic E-state index is 12.7. The molecule has 0 aliphatic rings. The Balaban J connectivity index is 1.96. The van der Waals surface area contributed by atoms with Crippen LogP contribution in [-0.4, -0.2) is 18.0 Å². The molecule has 3 aromatic rings. The number of amides is 1. The van der Waals surface area contributed by atoms with E-state index in [4.69, 9.17) is 4.74 Å². The van der Waals surface area contributed by atoms with Crippen molar-refractivity contribution in [3.63, 3.8) is 0 Å². The molecule has 1 aromatic heterocycles. The van der Waals surface area contributed by atoms with Gasteiger partial charge in [-0.2, -0.15) is 0 Å². The number of methoxy groups -OCH3 is 1. The summed E-state index contributed by atoms with van der Waals surface area (Å²) in [6.07, 6.45) is 0. The lowest BCUT2D eigenvalue weighted by Gasteiger charge is -2.11. The smallest absolute Gasteiger partial charge is 0.257 e. The number of aryl methyl sites for hydroxylation is 2. The number of carbonyl (C=O) groups excluding carboxylic acids is 1. The normalized spacial score (nSPS) is 10.7. The molecular formula is C19H17BrN2O2. The van der Waals surface area contributed by atoms with Gasteiger partial charge in [0, 0.05) is 21.6 Å². The predicted octanol–water partition coefficient (Wildman–Crippen LogP) is 4.88. The number of rotatable bonds is 3. The third-order valence-corrected chi connectivity index (χ3v) is 4.39. The summed E-state index contributed by atoms with van der Waals surface area (Å²) in [5.74, 6) is 0.584. The van der Waals surface area contributed by atoms with E-state index in [1.165, 1.54) is 0 Å².